The van der Waals surface area contributed by atoms with Crippen LogP contribution < -0.4 is 24.8 Å². The summed E-state index contributed by atoms with van der Waals surface area (Å²) in [4.78, 5) is 0. The molecule has 0 nitrogen and oxygen atoms in total. The van der Waals surface area contributed by atoms with Crippen molar-refractivity contribution in [1.82, 2.24) is 0 Å². The van der Waals surface area contributed by atoms with Crippen LogP contribution in [0.25, 0.3) is 22.3 Å². The summed E-state index contributed by atoms with van der Waals surface area (Å²) in [5.74, 6) is 0. The molecule has 0 saturated carbocycles. The predicted molar refractivity (Wildman–Crippen MR) is 125 cm³/mol. The van der Waals surface area contributed by atoms with E-state index >= 15 is 0 Å². The van der Waals surface area contributed by atoms with Crippen molar-refractivity contribution >= 4 is 6.19 Å². The third-order valence-electron chi connectivity index (χ3n) is 5.23. The van der Waals surface area contributed by atoms with Gasteiger partial charge < -0.3 is 24.8 Å². The van der Waals surface area contributed by atoms with Crippen LogP contribution in [-0.4, -0.2) is 6.19 Å². The first-order valence-corrected chi connectivity index (χ1v) is 15.1. The van der Waals surface area contributed by atoms with Gasteiger partial charge in [0.15, 0.2) is 0 Å². The van der Waals surface area contributed by atoms with Gasteiger partial charge in [-0.2, -0.15) is 59.7 Å². The summed E-state index contributed by atoms with van der Waals surface area (Å²) in [7, 11) is 0. The fourth-order valence-electron chi connectivity index (χ4n) is 4.00. The fraction of sp³-hybridized carbons (Fsp3) is 0.143. The summed E-state index contributed by atoms with van der Waals surface area (Å²) >= 11 is 2.27. The molecule has 0 radical (unpaired) electrons. The molecule has 6 rings (SSSR count). The Morgan fingerprint density at radius 1 is 0.594 bits per heavy atom. The molecule has 2 aliphatic carbocycles. The van der Waals surface area contributed by atoms with Gasteiger partial charge >= 0.3 is 38.5 Å². The molecule has 0 aliphatic heterocycles. The summed E-state index contributed by atoms with van der Waals surface area (Å²) in [6.07, 6.45) is 2.22. The summed E-state index contributed by atoms with van der Waals surface area (Å²) in [6, 6.07) is 36.2. The van der Waals surface area contributed by atoms with Gasteiger partial charge in [0.25, 0.3) is 0 Å². The molecule has 0 unspecified atom stereocenters. The number of hydrogen-bond donors (Lipinski definition) is 0. The van der Waals surface area contributed by atoms with E-state index in [2.05, 4.69) is 117 Å². The Balaban J connectivity index is 0.000000185. The molecule has 0 atom stereocenters. The number of rotatable bonds is 0. The Kier molecular flexibility index (Phi) is 10.5. The van der Waals surface area contributed by atoms with Crippen LogP contribution in [0.4, 0.5) is 0 Å². The molecule has 0 spiro atoms. The SMILES string of the molecule is C[Si](C)=[Ti+2].[Cl-].[Cl-].[c-]1cccc2c1Cc1ccccc1-2.[c-]1cccc2c1Cc1ccccc1-2. The van der Waals surface area contributed by atoms with E-state index in [0.29, 0.717) is 0 Å². The maximum atomic E-state index is 3.30. The molecule has 0 fully saturated rings. The summed E-state index contributed by atoms with van der Waals surface area (Å²) < 4.78 is 0. The van der Waals surface area contributed by atoms with Crippen molar-refractivity contribution in [2.24, 2.45) is 0 Å². The largest absolute Gasteiger partial charge is 1.00 e. The Hall–Kier alpha value is -1.61. The second-order valence-corrected chi connectivity index (χ2v) is 14.5. The van der Waals surface area contributed by atoms with Crippen LogP contribution in [0.3, 0.4) is 0 Å². The van der Waals surface area contributed by atoms with Gasteiger partial charge in [-0.25, -0.2) is 0 Å². The Labute approximate surface area is 216 Å². The minimum Gasteiger partial charge on any atom is -1.00 e. The van der Waals surface area contributed by atoms with Crippen molar-refractivity contribution in [3.05, 3.63) is 119 Å². The number of hydrogen-bond acceptors (Lipinski definition) is 0. The van der Waals surface area contributed by atoms with E-state index in [4.69, 9.17) is 0 Å². The van der Waals surface area contributed by atoms with E-state index in [0.717, 1.165) is 12.8 Å². The van der Waals surface area contributed by atoms with E-state index in [-0.39, 0.29) is 31.0 Å². The summed E-state index contributed by atoms with van der Waals surface area (Å²) in [5, 5.41) is 0. The average Bonchev–Trinajstić information content (AvgIpc) is 3.32. The third-order valence-corrected chi connectivity index (χ3v) is 5.23. The Morgan fingerprint density at radius 3 is 1.34 bits per heavy atom. The number of fused-ring (bicyclic) bond motifs is 6. The minimum absolute atomic E-state index is 0. The van der Waals surface area contributed by atoms with Gasteiger partial charge in [0.2, 0.25) is 0 Å². The quantitative estimate of drug-likeness (QED) is 0.212. The van der Waals surface area contributed by atoms with Crippen molar-refractivity contribution in [2.45, 2.75) is 25.9 Å². The molecule has 0 amide bonds. The monoisotopic (exact) mass is 506 g/mol. The van der Waals surface area contributed by atoms with Crippen LogP contribution in [0.2, 0.25) is 13.1 Å². The minimum atomic E-state index is 0. The van der Waals surface area contributed by atoms with E-state index in [1.54, 1.807) is 0 Å². The van der Waals surface area contributed by atoms with Crippen LogP contribution in [0.1, 0.15) is 22.3 Å². The normalized spacial score (nSPS) is 10.9. The van der Waals surface area contributed by atoms with Crippen LogP contribution in [-0.2, 0) is 32.0 Å². The zero-order valence-electron chi connectivity index (χ0n) is 18.3. The maximum absolute atomic E-state index is 3.30. The van der Waals surface area contributed by atoms with Gasteiger partial charge in [0.05, 0.1) is 0 Å². The summed E-state index contributed by atoms with van der Waals surface area (Å²) in [5.41, 5.74) is 11.0. The topological polar surface area (TPSA) is 0 Å². The van der Waals surface area contributed by atoms with Gasteiger partial charge in [0.1, 0.15) is 0 Å². The molecule has 4 aromatic rings. The third kappa shape index (κ3) is 6.25. The average molecular weight is 507 g/mol. The van der Waals surface area contributed by atoms with Gasteiger partial charge in [-0.3, -0.25) is 0 Å². The van der Waals surface area contributed by atoms with Crippen molar-refractivity contribution in [1.29, 1.82) is 0 Å². The van der Waals surface area contributed by atoms with Crippen molar-refractivity contribution in [2.75, 3.05) is 0 Å². The van der Waals surface area contributed by atoms with E-state index in [9.17, 15) is 0 Å². The maximum Gasteiger partial charge on any atom is -0.0253 e. The first-order valence-electron chi connectivity index (χ1n) is 10.3. The van der Waals surface area contributed by atoms with Crippen molar-refractivity contribution in [3.8, 4) is 22.3 Å². The van der Waals surface area contributed by atoms with Gasteiger partial charge in [-0.05, 0) is 12.8 Å². The second kappa shape index (κ2) is 12.6. The van der Waals surface area contributed by atoms with E-state index < -0.39 is 0 Å². The summed E-state index contributed by atoms with van der Waals surface area (Å²) in [6.45, 7) is 4.54. The molecule has 4 heteroatoms. The molecule has 0 heterocycles. The van der Waals surface area contributed by atoms with E-state index in [1.165, 1.54) is 44.5 Å². The molecule has 0 aromatic heterocycles. The molecule has 0 saturated heterocycles. The molecule has 0 bridgehead atoms. The molecule has 4 aromatic carbocycles. The van der Waals surface area contributed by atoms with Crippen molar-refractivity contribution in [3.63, 3.8) is 0 Å². The fourth-order valence-corrected chi connectivity index (χ4v) is 4.00. The van der Waals surface area contributed by atoms with E-state index in [1.807, 2.05) is 12.1 Å². The van der Waals surface area contributed by atoms with Gasteiger partial charge in [-0.15, -0.1) is 11.1 Å². The first kappa shape index (κ1) is 26.6. The number of benzene rings is 4. The molecule has 0 N–H and O–H groups in total. The van der Waals surface area contributed by atoms with Crippen LogP contribution in [0, 0.1) is 12.1 Å². The standard InChI is InChI=1S/2C13H9.C2H6Si.2ClH.Ti/c2*1-3-7-12-10(5-1)9-11-6-2-4-8-13(11)12;1-3-2;;;/h2*1-5,7-8H,9H2;1-2H3;2*1H;/q2*-1;;;;+2/p-2. The zero-order chi connectivity index (χ0) is 20.9. The predicted octanol–water partition coefficient (Wildman–Crippen LogP) is 0.908. The van der Waals surface area contributed by atoms with Gasteiger partial charge in [-0.1, -0.05) is 70.8 Å². The van der Waals surface area contributed by atoms with Crippen LogP contribution in [0.5, 0.6) is 0 Å². The van der Waals surface area contributed by atoms with Crippen LogP contribution in [0.15, 0.2) is 84.9 Å². The molecule has 32 heavy (non-hydrogen) atoms. The van der Waals surface area contributed by atoms with Crippen LogP contribution >= 0.6 is 0 Å². The molecule has 2 aliphatic rings. The Morgan fingerprint density at radius 2 is 0.938 bits per heavy atom. The molecular weight excluding hydrogens is 483 g/mol. The Bertz CT molecular complexity index is 1020. The second-order valence-electron chi connectivity index (χ2n) is 7.79. The van der Waals surface area contributed by atoms with Gasteiger partial charge in [0, 0.05) is 0 Å². The number of halogens is 2. The smallest absolute Gasteiger partial charge is 0.0253 e. The van der Waals surface area contributed by atoms with Crippen molar-refractivity contribution < 1.29 is 44.0 Å². The zero-order valence-corrected chi connectivity index (χ0v) is 22.3. The first-order chi connectivity index (χ1) is 14.6. The molecule has 160 valence electrons. The molecular formula is C28H24Cl2SiTi-2.